The van der Waals surface area contributed by atoms with E-state index in [4.69, 9.17) is 0 Å². The summed E-state index contributed by atoms with van der Waals surface area (Å²) in [5.41, 5.74) is 18.8. The highest BCUT2D eigenvalue weighted by Crippen LogP contribution is 2.54. The smallest absolute Gasteiger partial charge is 0.0462 e. The molecule has 0 atom stereocenters. The van der Waals surface area contributed by atoms with Crippen LogP contribution in [0.25, 0.3) is 33.4 Å². The van der Waals surface area contributed by atoms with Gasteiger partial charge in [0, 0.05) is 22.5 Å². The highest BCUT2D eigenvalue weighted by molar-refractivity contribution is 5.87. The average Bonchev–Trinajstić information content (AvgIpc) is 3.48. The minimum absolute atomic E-state index is 0.264. The summed E-state index contributed by atoms with van der Waals surface area (Å²) in [6.07, 6.45) is 1.82. The van der Waals surface area contributed by atoms with Gasteiger partial charge in [-0.25, -0.2) is 0 Å². The molecule has 1 heteroatoms. The van der Waals surface area contributed by atoms with Crippen LogP contribution in [0.3, 0.4) is 0 Å². The van der Waals surface area contributed by atoms with Crippen molar-refractivity contribution in [3.63, 3.8) is 0 Å². The first-order valence-corrected chi connectivity index (χ1v) is 19.0. The Morgan fingerprint density at radius 3 is 1.17 bits per heavy atom. The van der Waals surface area contributed by atoms with E-state index in [1.165, 1.54) is 66.8 Å². The van der Waals surface area contributed by atoms with Crippen LogP contribution < -0.4 is 4.90 Å². The van der Waals surface area contributed by atoms with E-state index in [2.05, 4.69) is 219 Å². The van der Waals surface area contributed by atoms with Gasteiger partial charge in [0.05, 0.1) is 0 Å². The lowest BCUT2D eigenvalue weighted by Crippen LogP contribution is -2.31. The summed E-state index contributed by atoms with van der Waals surface area (Å²) >= 11 is 0. The summed E-state index contributed by atoms with van der Waals surface area (Å²) in [5, 5.41) is 0. The SMILES string of the molecule is Cc1ccc(-c2ccc3c(c2)C(Cc2ccccc2)(Cc2ccccc2)c2cc(-c4ccc(N(c5ccccc5)c5ccc(C)cc5)cc4)ccc2-3)cc1. The van der Waals surface area contributed by atoms with Gasteiger partial charge < -0.3 is 4.90 Å². The van der Waals surface area contributed by atoms with Crippen LogP contribution in [0.2, 0.25) is 0 Å². The average molecular weight is 694 g/mol. The highest BCUT2D eigenvalue weighted by atomic mass is 15.1. The molecule has 0 bridgehead atoms. The van der Waals surface area contributed by atoms with Crippen LogP contribution in [0.15, 0.2) is 200 Å². The topological polar surface area (TPSA) is 3.24 Å². The van der Waals surface area contributed by atoms with Crippen molar-refractivity contribution in [2.45, 2.75) is 32.1 Å². The zero-order valence-corrected chi connectivity index (χ0v) is 30.9. The molecule has 8 aromatic rings. The Labute approximate surface area is 319 Å². The lowest BCUT2D eigenvalue weighted by atomic mass is 9.69. The number of fused-ring (bicyclic) bond motifs is 3. The number of aryl methyl sites for hydroxylation is 2. The van der Waals surface area contributed by atoms with Gasteiger partial charge in [-0.2, -0.15) is 0 Å². The Hall–Kier alpha value is -6.44. The minimum atomic E-state index is -0.264. The molecule has 0 aromatic heterocycles. The van der Waals surface area contributed by atoms with Crippen molar-refractivity contribution in [3.05, 3.63) is 234 Å². The maximum atomic E-state index is 2.50. The predicted molar refractivity (Wildman–Crippen MR) is 228 cm³/mol. The Bertz CT molecular complexity index is 2470. The second kappa shape index (κ2) is 14.2. The molecule has 1 nitrogen and oxygen atoms in total. The first-order chi connectivity index (χ1) is 26.5. The Morgan fingerprint density at radius 2 is 0.704 bits per heavy atom. The molecule has 0 fully saturated rings. The van der Waals surface area contributed by atoms with E-state index >= 15 is 0 Å². The van der Waals surface area contributed by atoms with Gasteiger partial charge in [0.15, 0.2) is 0 Å². The minimum Gasteiger partial charge on any atom is -0.311 e. The molecule has 0 saturated carbocycles. The fraction of sp³-hybridized carbons (Fsp3) is 0.0943. The molecule has 8 aromatic carbocycles. The second-order valence-corrected chi connectivity index (χ2v) is 14.8. The normalized spacial score (nSPS) is 12.6. The largest absolute Gasteiger partial charge is 0.311 e. The molecular formula is C53H43N. The fourth-order valence-corrected chi connectivity index (χ4v) is 8.45. The van der Waals surface area contributed by atoms with E-state index in [0.29, 0.717) is 0 Å². The third kappa shape index (κ3) is 6.33. The van der Waals surface area contributed by atoms with Crippen LogP contribution in [0.4, 0.5) is 17.1 Å². The van der Waals surface area contributed by atoms with Gasteiger partial charge in [-0.1, -0.05) is 163 Å². The molecule has 0 amide bonds. The number of hydrogen-bond donors (Lipinski definition) is 0. The van der Waals surface area contributed by atoms with Crippen molar-refractivity contribution in [1.29, 1.82) is 0 Å². The summed E-state index contributed by atoms with van der Waals surface area (Å²) in [4.78, 5) is 2.33. The van der Waals surface area contributed by atoms with Crippen LogP contribution in [-0.4, -0.2) is 0 Å². The molecule has 54 heavy (non-hydrogen) atoms. The molecule has 0 aliphatic heterocycles. The van der Waals surface area contributed by atoms with Crippen molar-refractivity contribution >= 4 is 17.1 Å². The molecule has 1 aliphatic rings. The van der Waals surface area contributed by atoms with E-state index in [1.54, 1.807) is 0 Å². The number of para-hydroxylation sites is 1. The molecule has 0 spiro atoms. The summed E-state index contributed by atoms with van der Waals surface area (Å²) in [7, 11) is 0. The number of hydrogen-bond acceptors (Lipinski definition) is 1. The monoisotopic (exact) mass is 693 g/mol. The summed E-state index contributed by atoms with van der Waals surface area (Å²) in [5.74, 6) is 0. The molecule has 0 N–H and O–H groups in total. The predicted octanol–water partition coefficient (Wildman–Crippen LogP) is 13.9. The third-order valence-electron chi connectivity index (χ3n) is 11.2. The molecule has 0 heterocycles. The fourth-order valence-electron chi connectivity index (χ4n) is 8.45. The summed E-state index contributed by atoms with van der Waals surface area (Å²) < 4.78 is 0. The van der Waals surface area contributed by atoms with E-state index < -0.39 is 0 Å². The summed E-state index contributed by atoms with van der Waals surface area (Å²) in [6.45, 7) is 4.29. The molecule has 260 valence electrons. The first kappa shape index (κ1) is 33.4. The van der Waals surface area contributed by atoms with Gasteiger partial charge in [-0.15, -0.1) is 0 Å². The van der Waals surface area contributed by atoms with Crippen LogP contribution in [0.5, 0.6) is 0 Å². The molecule has 0 radical (unpaired) electrons. The highest BCUT2D eigenvalue weighted by Gasteiger charge is 2.43. The first-order valence-electron chi connectivity index (χ1n) is 19.0. The van der Waals surface area contributed by atoms with Crippen LogP contribution >= 0.6 is 0 Å². The quantitative estimate of drug-likeness (QED) is 0.145. The zero-order chi connectivity index (χ0) is 36.5. The van der Waals surface area contributed by atoms with E-state index in [0.717, 1.165) is 29.9 Å². The number of anilines is 3. The van der Waals surface area contributed by atoms with E-state index in [1.807, 2.05) is 0 Å². The maximum Gasteiger partial charge on any atom is 0.0462 e. The summed E-state index contributed by atoms with van der Waals surface area (Å²) in [6, 6.07) is 74.0. The maximum absolute atomic E-state index is 2.50. The van der Waals surface area contributed by atoms with Gasteiger partial charge in [0.25, 0.3) is 0 Å². The van der Waals surface area contributed by atoms with Gasteiger partial charge in [-0.3, -0.25) is 0 Å². The third-order valence-corrected chi connectivity index (χ3v) is 11.2. The van der Waals surface area contributed by atoms with Gasteiger partial charge in [0.1, 0.15) is 0 Å². The Kier molecular flexibility index (Phi) is 8.77. The second-order valence-electron chi connectivity index (χ2n) is 14.8. The van der Waals surface area contributed by atoms with Crippen molar-refractivity contribution in [3.8, 4) is 33.4 Å². The van der Waals surface area contributed by atoms with E-state index in [9.17, 15) is 0 Å². The Balaban J connectivity index is 1.18. The van der Waals surface area contributed by atoms with Crippen molar-refractivity contribution in [2.24, 2.45) is 0 Å². The molecular weight excluding hydrogens is 651 g/mol. The van der Waals surface area contributed by atoms with Crippen molar-refractivity contribution < 1.29 is 0 Å². The standard InChI is InChI=1S/C53H43N/c1-38-18-22-42(23-19-38)44-26-32-49-50-33-27-45(43-24-30-48(31-25-43)54(46-16-10-5-11-17-46)47-28-20-39(2)21-29-47)35-52(50)53(51(49)34-44,36-40-12-6-3-7-13-40)37-41-14-8-4-9-15-41/h3-35H,36-37H2,1-2H3. The molecule has 0 unspecified atom stereocenters. The van der Waals surface area contributed by atoms with Gasteiger partial charge in [0.2, 0.25) is 0 Å². The van der Waals surface area contributed by atoms with Gasteiger partial charge in [-0.05, 0) is 131 Å². The number of rotatable bonds is 9. The van der Waals surface area contributed by atoms with Crippen LogP contribution in [0.1, 0.15) is 33.4 Å². The molecule has 1 aliphatic carbocycles. The van der Waals surface area contributed by atoms with Crippen molar-refractivity contribution in [1.82, 2.24) is 0 Å². The number of nitrogens with zero attached hydrogens (tertiary/aromatic N) is 1. The van der Waals surface area contributed by atoms with Crippen molar-refractivity contribution in [2.75, 3.05) is 4.90 Å². The van der Waals surface area contributed by atoms with Gasteiger partial charge >= 0.3 is 0 Å². The van der Waals surface area contributed by atoms with E-state index in [-0.39, 0.29) is 5.41 Å². The van der Waals surface area contributed by atoms with Crippen LogP contribution in [0, 0.1) is 13.8 Å². The van der Waals surface area contributed by atoms with Crippen LogP contribution in [-0.2, 0) is 18.3 Å². The lowest BCUT2D eigenvalue weighted by molar-refractivity contribution is 0.520. The number of benzene rings is 8. The molecule has 0 saturated heterocycles. The molecule has 9 rings (SSSR count). The lowest BCUT2D eigenvalue weighted by Gasteiger charge is -2.33. The zero-order valence-electron chi connectivity index (χ0n) is 30.9. The Morgan fingerprint density at radius 1 is 0.352 bits per heavy atom.